The monoisotopic (exact) mass is 382 g/mol. The first-order valence-corrected chi connectivity index (χ1v) is 10.5. The molecule has 0 N–H and O–H groups in total. The van der Waals surface area contributed by atoms with Crippen LogP contribution in [0.25, 0.3) is 0 Å². The molecule has 0 amide bonds. The summed E-state index contributed by atoms with van der Waals surface area (Å²) in [6.45, 7) is 5.98. The molecule has 2 fully saturated rings. The molecular weight excluding hydrogens is 352 g/mol. The van der Waals surface area contributed by atoms with Gasteiger partial charge >= 0.3 is 11.9 Å². The van der Waals surface area contributed by atoms with E-state index in [1.54, 1.807) is 0 Å². The molecule has 4 nitrogen and oxygen atoms in total. The summed E-state index contributed by atoms with van der Waals surface area (Å²) in [6, 6.07) is 9.29. The second-order valence-corrected chi connectivity index (χ2v) is 9.04. The molecule has 3 aliphatic rings. The number of hydrogen-bond donors (Lipinski definition) is 0. The maximum absolute atomic E-state index is 12.6. The van der Waals surface area contributed by atoms with Gasteiger partial charge in [-0.3, -0.25) is 4.79 Å². The van der Waals surface area contributed by atoms with Crippen molar-refractivity contribution in [3.05, 3.63) is 47.7 Å². The summed E-state index contributed by atoms with van der Waals surface area (Å²) in [4.78, 5) is 24.0. The highest BCUT2D eigenvalue weighted by Gasteiger charge is 2.56. The molecule has 0 radical (unpaired) electrons. The van der Waals surface area contributed by atoms with Crippen molar-refractivity contribution < 1.29 is 19.1 Å². The predicted molar refractivity (Wildman–Crippen MR) is 106 cm³/mol. The third kappa shape index (κ3) is 3.27. The van der Waals surface area contributed by atoms with Gasteiger partial charge in [-0.15, -0.1) is 0 Å². The van der Waals surface area contributed by atoms with E-state index in [0.29, 0.717) is 23.3 Å². The van der Waals surface area contributed by atoms with Crippen LogP contribution in [0.15, 0.2) is 42.2 Å². The van der Waals surface area contributed by atoms with Gasteiger partial charge in [-0.05, 0) is 68.1 Å². The molecule has 150 valence electrons. The van der Waals surface area contributed by atoms with Gasteiger partial charge in [0.2, 0.25) is 0 Å². The molecular formula is C24H30O4. The first-order valence-electron chi connectivity index (χ1n) is 10.5. The van der Waals surface area contributed by atoms with E-state index in [-0.39, 0.29) is 29.4 Å². The molecule has 0 aromatic heterocycles. The molecule has 0 spiro atoms. The highest BCUT2D eigenvalue weighted by molar-refractivity contribution is 5.89. The van der Waals surface area contributed by atoms with E-state index in [1.807, 2.05) is 30.3 Å². The van der Waals surface area contributed by atoms with Gasteiger partial charge in [0.1, 0.15) is 11.9 Å². The first-order chi connectivity index (χ1) is 13.4. The lowest BCUT2D eigenvalue weighted by Crippen LogP contribution is -2.47. The number of carbonyl (C=O) groups excluding carboxylic acids is 2. The Balaban J connectivity index is 1.50. The molecule has 2 saturated carbocycles. The van der Waals surface area contributed by atoms with Crippen molar-refractivity contribution in [2.45, 2.75) is 59.0 Å². The molecule has 28 heavy (non-hydrogen) atoms. The molecule has 0 saturated heterocycles. The van der Waals surface area contributed by atoms with Crippen LogP contribution in [0.3, 0.4) is 0 Å². The summed E-state index contributed by atoms with van der Waals surface area (Å²) in [5.74, 6) is 2.36. The Bertz CT molecular complexity index is 783. The standard InChI is InChI=1S/C24H30O4/c1-15-18-13-14-24(3)20(19(18)9-11-21(15)27-16(2)25)10-12-22(24)28-23(26)17-7-5-4-6-8-17/h4-8,11,15,18-20,22H,9-10,12-14H2,1-3H3/t15-,18-,19-,20-,22-,24+/m1/s1. The number of carbonyl (C=O) groups is 2. The molecule has 4 heteroatoms. The third-order valence-electron chi connectivity index (χ3n) is 7.61. The molecule has 1 aromatic carbocycles. The predicted octanol–water partition coefficient (Wildman–Crippen LogP) is 5.14. The topological polar surface area (TPSA) is 52.6 Å². The van der Waals surface area contributed by atoms with Gasteiger partial charge in [-0.25, -0.2) is 4.79 Å². The minimum Gasteiger partial charge on any atom is -0.458 e. The lowest BCUT2D eigenvalue weighted by Gasteiger charge is -2.51. The Morgan fingerprint density at radius 1 is 1.07 bits per heavy atom. The summed E-state index contributed by atoms with van der Waals surface area (Å²) in [6.07, 6.45) is 7.27. The van der Waals surface area contributed by atoms with Crippen LogP contribution in [-0.4, -0.2) is 18.0 Å². The van der Waals surface area contributed by atoms with Crippen molar-refractivity contribution in [3.63, 3.8) is 0 Å². The molecule has 0 heterocycles. The van der Waals surface area contributed by atoms with Crippen LogP contribution in [0.1, 0.15) is 63.2 Å². The normalized spacial score (nSPS) is 36.7. The smallest absolute Gasteiger partial charge is 0.338 e. The Kier molecular flexibility index (Phi) is 5.07. The number of benzene rings is 1. The molecule has 1 aromatic rings. The number of esters is 2. The minimum atomic E-state index is -0.231. The van der Waals surface area contributed by atoms with E-state index in [4.69, 9.17) is 9.47 Å². The van der Waals surface area contributed by atoms with Crippen LogP contribution in [0.2, 0.25) is 0 Å². The number of hydrogen-bond acceptors (Lipinski definition) is 4. The number of allylic oxidation sites excluding steroid dienone is 2. The van der Waals surface area contributed by atoms with Gasteiger partial charge in [0.25, 0.3) is 0 Å². The molecule has 3 aliphatic carbocycles. The fraction of sp³-hybridized carbons (Fsp3) is 0.583. The zero-order valence-corrected chi connectivity index (χ0v) is 17.0. The van der Waals surface area contributed by atoms with E-state index in [2.05, 4.69) is 19.9 Å². The molecule has 0 bridgehead atoms. The van der Waals surface area contributed by atoms with Gasteiger partial charge in [-0.1, -0.05) is 32.0 Å². The second-order valence-electron chi connectivity index (χ2n) is 9.04. The fourth-order valence-electron chi connectivity index (χ4n) is 6.14. The zero-order valence-electron chi connectivity index (χ0n) is 17.0. The maximum Gasteiger partial charge on any atom is 0.338 e. The van der Waals surface area contributed by atoms with Gasteiger partial charge in [0.05, 0.1) is 5.56 Å². The Labute approximate surface area is 167 Å². The van der Waals surface area contributed by atoms with Crippen molar-refractivity contribution in [2.75, 3.05) is 0 Å². The van der Waals surface area contributed by atoms with Crippen LogP contribution in [-0.2, 0) is 14.3 Å². The van der Waals surface area contributed by atoms with E-state index in [1.165, 1.54) is 6.92 Å². The summed E-state index contributed by atoms with van der Waals surface area (Å²) in [5, 5.41) is 0. The first kappa shape index (κ1) is 19.2. The minimum absolute atomic E-state index is 0.0136. The largest absolute Gasteiger partial charge is 0.458 e. The average molecular weight is 383 g/mol. The van der Waals surface area contributed by atoms with Crippen LogP contribution in [0.4, 0.5) is 0 Å². The lowest BCUT2D eigenvalue weighted by molar-refractivity contribution is -0.139. The van der Waals surface area contributed by atoms with E-state index in [0.717, 1.165) is 37.9 Å². The van der Waals surface area contributed by atoms with E-state index >= 15 is 0 Å². The summed E-state index contributed by atoms with van der Waals surface area (Å²) in [7, 11) is 0. The average Bonchev–Trinajstić information content (AvgIpc) is 3.01. The second kappa shape index (κ2) is 7.38. The number of rotatable bonds is 3. The SMILES string of the molecule is CC(=O)OC1=CC[C@@H]2[C@H](CC[C@@]3(C)[C@@H]2CC[C@H]3OC(=O)c2ccccc2)[C@H]1C. The molecule has 6 atom stereocenters. The van der Waals surface area contributed by atoms with E-state index < -0.39 is 0 Å². The van der Waals surface area contributed by atoms with Crippen molar-refractivity contribution in [2.24, 2.45) is 29.1 Å². The van der Waals surface area contributed by atoms with Gasteiger partial charge in [0, 0.05) is 18.3 Å². The number of fused-ring (bicyclic) bond motifs is 3. The molecule has 0 unspecified atom stereocenters. The summed E-state index contributed by atoms with van der Waals surface area (Å²) >= 11 is 0. The summed E-state index contributed by atoms with van der Waals surface area (Å²) in [5.41, 5.74) is 0.668. The van der Waals surface area contributed by atoms with Crippen LogP contribution < -0.4 is 0 Å². The van der Waals surface area contributed by atoms with Crippen LogP contribution >= 0.6 is 0 Å². The third-order valence-corrected chi connectivity index (χ3v) is 7.61. The van der Waals surface area contributed by atoms with Crippen LogP contribution in [0.5, 0.6) is 0 Å². The Hall–Kier alpha value is -2.10. The lowest BCUT2D eigenvalue weighted by atomic mass is 9.55. The van der Waals surface area contributed by atoms with Crippen molar-refractivity contribution in [1.82, 2.24) is 0 Å². The Morgan fingerprint density at radius 3 is 2.54 bits per heavy atom. The van der Waals surface area contributed by atoms with Crippen molar-refractivity contribution in [3.8, 4) is 0 Å². The maximum atomic E-state index is 12.6. The Morgan fingerprint density at radius 2 is 1.82 bits per heavy atom. The van der Waals surface area contributed by atoms with E-state index in [9.17, 15) is 9.59 Å². The molecule has 4 rings (SSSR count). The fourth-order valence-corrected chi connectivity index (χ4v) is 6.14. The quantitative estimate of drug-likeness (QED) is 0.679. The molecule has 0 aliphatic heterocycles. The van der Waals surface area contributed by atoms with Crippen molar-refractivity contribution >= 4 is 11.9 Å². The van der Waals surface area contributed by atoms with Gasteiger partial charge in [-0.2, -0.15) is 0 Å². The van der Waals surface area contributed by atoms with Gasteiger partial charge in [0.15, 0.2) is 0 Å². The number of ether oxygens (including phenoxy) is 2. The highest BCUT2D eigenvalue weighted by Crippen LogP contribution is 2.60. The zero-order chi connectivity index (χ0) is 19.9. The summed E-state index contributed by atoms with van der Waals surface area (Å²) < 4.78 is 11.5. The van der Waals surface area contributed by atoms with Crippen molar-refractivity contribution in [1.29, 1.82) is 0 Å². The van der Waals surface area contributed by atoms with Crippen LogP contribution in [0, 0.1) is 29.1 Å². The highest BCUT2D eigenvalue weighted by atomic mass is 16.5. The van der Waals surface area contributed by atoms with Gasteiger partial charge < -0.3 is 9.47 Å².